The Bertz CT molecular complexity index is 255. The van der Waals surface area contributed by atoms with Crippen molar-refractivity contribution in [3.63, 3.8) is 0 Å². The molecule has 12 heavy (non-hydrogen) atoms. The van der Waals surface area contributed by atoms with Crippen molar-refractivity contribution in [1.29, 1.82) is 0 Å². The SMILES string of the molecule is NNC(=O)OC1=CC=CC=CN1. The number of nitrogens with two attached hydrogens (primary N) is 1. The van der Waals surface area contributed by atoms with Gasteiger partial charge < -0.3 is 10.1 Å². The molecule has 0 aliphatic carbocycles. The average molecular weight is 167 g/mol. The van der Waals surface area contributed by atoms with E-state index >= 15 is 0 Å². The lowest BCUT2D eigenvalue weighted by Gasteiger charge is -2.05. The van der Waals surface area contributed by atoms with Crippen LogP contribution in [-0.4, -0.2) is 6.09 Å². The number of amides is 1. The summed E-state index contributed by atoms with van der Waals surface area (Å²) in [4.78, 5) is 10.6. The third-order valence-electron chi connectivity index (χ3n) is 1.11. The van der Waals surface area contributed by atoms with E-state index in [0.717, 1.165) is 0 Å². The van der Waals surface area contributed by atoms with Crippen molar-refractivity contribution in [2.75, 3.05) is 0 Å². The Labute approximate surface area is 69.5 Å². The highest BCUT2D eigenvalue weighted by Gasteiger charge is 2.02. The molecule has 64 valence electrons. The number of ether oxygens (including phenoxy) is 1. The molecule has 5 heteroatoms. The number of rotatable bonds is 1. The van der Waals surface area contributed by atoms with Gasteiger partial charge in [-0.05, 0) is 12.2 Å². The van der Waals surface area contributed by atoms with E-state index in [2.05, 4.69) is 5.32 Å². The second-order valence-corrected chi connectivity index (χ2v) is 1.95. The molecule has 4 N–H and O–H groups in total. The predicted octanol–water partition coefficient (Wildman–Crippen LogP) is 0.101. The van der Waals surface area contributed by atoms with Crippen molar-refractivity contribution < 1.29 is 9.53 Å². The Morgan fingerprint density at radius 2 is 2.33 bits per heavy atom. The van der Waals surface area contributed by atoms with E-state index in [0.29, 0.717) is 5.88 Å². The highest BCUT2D eigenvalue weighted by molar-refractivity contribution is 5.67. The fourth-order valence-corrected chi connectivity index (χ4v) is 0.634. The molecule has 0 aromatic carbocycles. The van der Waals surface area contributed by atoms with E-state index in [-0.39, 0.29) is 0 Å². The Balaban J connectivity index is 2.52. The van der Waals surface area contributed by atoms with E-state index in [9.17, 15) is 4.79 Å². The second kappa shape index (κ2) is 4.20. The molecule has 0 unspecified atom stereocenters. The van der Waals surface area contributed by atoms with Crippen LogP contribution in [0.2, 0.25) is 0 Å². The standard InChI is InChI=1S/C7H9N3O2/c8-10-7(11)12-6-4-2-1-3-5-9-6/h1-5,9H,8H2,(H,10,11). The maximum Gasteiger partial charge on any atom is 0.428 e. The lowest BCUT2D eigenvalue weighted by atomic mass is 10.5. The molecule has 1 aliphatic heterocycles. The van der Waals surface area contributed by atoms with Gasteiger partial charge in [-0.15, -0.1) is 0 Å². The molecule has 0 atom stereocenters. The van der Waals surface area contributed by atoms with Crippen LogP contribution in [0, 0.1) is 0 Å². The minimum Gasteiger partial charge on any atom is -0.392 e. The number of hydrogen-bond acceptors (Lipinski definition) is 4. The second-order valence-electron chi connectivity index (χ2n) is 1.95. The molecule has 1 rings (SSSR count). The molecule has 0 saturated heterocycles. The number of carbonyl (C=O) groups excluding carboxylic acids is 1. The van der Waals surface area contributed by atoms with Crippen LogP contribution in [0.15, 0.2) is 36.4 Å². The van der Waals surface area contributed by atoms with Crippen molar-refractivity contribution in [2.45, 2.75) is 0 Å². The van der Waals surface area contributed by atoms with Crippen LogP contribution in [0.25, 0.3) is 0 Å². The van der Waals surface area contributed by atoms with Gasteiger partial charge in [-0.1, -0.05) is 12.2 Å². The van der Waals surface area contributed by atoms with Crippen molar-refractivity contribution in [2.24, 2.45) is 5.84 Å². The van der Waals surface area contributed by atoms with E-state index in [1.807, 2.05) is 5.43 Å². The molecule has 0 fully saturated rings. The molecule has 5 nitrogen and oxygen atoms in total. The van der Waals surface area contributed by atoms with Crippen LogP contribution in [0.4, 0.5) is 4.79 Å². The van der Waals surface area contributed by atoms with E-state index in [1.165, 1.54) is 0 Å². The monoisotopic (exact) mass is 167 g/mol. The molecular formula is C7H9N3O2. The number of hydrogen-bond donors (Lipinski definition) is 3. The van der Waals surface area contributed by atoms with Crippen LogP contribution in [0.3, 0.4) is 0 Å². The molecule has 0 aromatic heterocycles. The van der Waals surface area contributed by atoms with Gasteiger partial charge in [-0.25, -0.2) is 10.6 Å². The summed E-state index contributed by atoms with van der Waals surface area (Å²) in [5.74, 6) is 5.13. The summed E-state index contributed by atoms with van der Waals surface area (Å²) in [6.45, 7) is 0. The summed E-state index contributed by atoms with van der Waals surface area (Å²) in [6, 6.07) is 0. The van der Waals surface area contributed by atoms with Crippen LogP contribution in [0.1, 0.15) is 0 Å². The van der Waals surface area contributed by atoms with E-state index in [4.69, 9.17) is 10.6 Å². The van der Waals surface area contributed by atoms with Gasteiger partial charge in [0.1, 0.15) is 0 Å². The summed E-state index contributed by atoms with van der Waals surface area (Å²) in [6.07, 6.45) is 7.83. The van der Waals surface area contributed by atoms with Gasteiger partial charge >= 0.3 is 6.09 Å². The fraction of sp³-hybridized carbons (Fsp3) is 0. The molecule has 1 heterocycles. The van der Waals surface area contributed by atoms with Crippen LogP contribution in [0.5, 0.6) is 0 Å². The van der Waals surface area contributed by atoms with E-state index < -0.39 is 6.09 Å². The lowest BCUT2D eigenvalue weighted by Crippen LogP contribution is -2.31. The third-order valence-corrected chi connectivity index (χ3v) is 1.11. The maximum absolute atomic E-state index is 10.6. The zero-order valence-electron chi connectivity index (χ0n) is 6.28. The molecule has 0 aromatic rings. The smallest absolute Gasteiger partial charge is 0.392 e. The van der Waals surface area contributed by atoms with Gasteiger partial charge in [0.25, 0.3) is 0 Å². The topological polar surface area (TPSA) is 76.4 Å². The molecular weight excluding hydrogens is 158 g/mol. The summed E-state index contributed by atoms with van der Waals surface area (Å²) in [5, 5.41) is 2.73. The molecule has 0 saturated carbocycles. The minimum absolute atomic E-state index is 0.322. The van der Waals surface area contributed by atoms with Gasteiger partial charge in [0.15, 0.2) is 0 Å². The van der Waals surface area contributed by atoms with Gasteiger partial charge in [0, 0.05) is 6.20 Å². The summed E-state index contributed by atoms with van der Waals surface area (Å²) >= 11 is 0. The highest BCUT2D eigenvalue weighted by atomic mass is 16.6. The summed E-state index contributed by atoms with van der Waals surface area (Å²) < 4.78 is 4.69. The third kappa shape index (κ3) is 2.47. The van der Waals surface area contributed by atoms with Gasteiger partial charge in [-0.3, -0.25) is 5.43 Å². The van der Waals surface area contributed by atoms with Crippen molar-refractivity contribution in [1.82, 2.24) is 10.7 Å². The Kier molecular flexibility index (Phi) is 2.92. The van der Waals surface area contributed by atoms with Crippen LogP contribution < -0.4 is 16.6 Å². The molecule has 0 spiro atoms. The van der Waals surface area contributed by atoms with Crippen LogP contribution in [-0.2, 0) is 4.74 Å². The summed E-state index contributed by atoms with van der Waals surface area (Å²) in [5.41, 5.74) is 1.84. The zero-order chi connectivity index (χ0) is 8.81. The van der Waals surface area contributed by atoms with Gasteiger partial charge in [-0.2, -0.15) is 0 Å². The molecule has 0 radical (unpaired) electrons. The van der Waals surface area contributed by atoms with E-state index in [1.54, 1.807) is 30.5 Å². The zero-order valence-corrected chi connectivity index (χ0v) is 6.28. The van der Waals surface area contributed by atoms with Crippen molar-refractivity contribution in [3.05, 3.63) is 36.4 Å². The number of carbonyl (C=O) groups is 1. The van der Waals surface area contributed by atoms with Gasteiger partial charge in [0.2, 0.25) is 5.88 Å². The lowest BCUT2D eigenvalue weighted by molar-refractivity contribution is 0.171. The Morgan fingerprint density at radius 1 is 1.50 bits per heavy atom. The fourth-order valence-electron chi connectivity index (χ4n) is 0.634. The molecule has 1 amide bonds. The highest BCUT2D eigenvalue weighted by Crippen LogP contribution is 1.97. The quantitative estimate of drug-likeness (QED) is 0.294. The van der Waals surface area contributed by atoms with Crippen molar-refractivity contribution >= 4 is 6.09 Å². The number of nitrogens with one attached hydrogen (secondary N) is 2. The first-order valence-corrected chi connectivity index (χ1v) is 3.31. The average Bonchev–Trinajstić information content (AvgIpc) is 2.33. The first-order valence-electron chi connectivity index (χ1n) is 3.31. The normalized spacial score (nSPS) is 14.2. The predicted molar refractivity (Wildman–Crippen MR) is 43.3 cm³/mol. The van der Waals surface area contributed by atoms with Crippen molar-refractivity contribution in [3.8, 4) is 0 Å². The molecule has 1 aliphatic rings. The Hall–Kier alpha value is -1.75. The first kappa shape index (κ1) is 8.35. The number of hydrazine groups is 1. The summed E-state index contributed by atoms with van der Waals surface area (Å²) in [7, 11) is 0. The molecule has 0 bridgehead atoms. The Morgan fingerprint density at radius 3 is 3.08 bits per heavy atom. The minimum atomic E-state index is -0.711. The number of allylic oxidation sites excluding steroid dienone is 4. The van der Waals surface area contributed by atoms with Gasteiger partial charge in [0.05, 0.1) is 0 Å². The maximum atomic E-state index is 10.6. The largest absolute Gasteiger partial charge is 0.428 e. The first-order chi connectivity index (χ1) is 5.83. The van der Waals surface area contributed by atoms with Crippen LogP contribution >= 0.6 is 0 Å².